The number of carbonyl (C=O) groups is 1. The highest BCUT2D eigenvalue weighted by Gasteiger charge is 2.24. The lowest BCUT2D eigenvalue weighted by Crippen LogP contribution is -2.38. The third-order valence-corrected chi connectivity index (χ3v) is 6.49. The number of carbonyl (C=O) groups excluding carboxylic acids is 1. The third-order valence-electron chi connectivity index (χ3n) is 5.21. The van der Waals surface area contributed by atoms with Crippen LogP contribution in [0, 0.1) is 6.92 Å². The summed E-state index contributed by atoms with van der Waals surface area (Å²) in [5, 5.41) is 8.99. The second-order valence-corrected chi connectivity index (χ2v) is 8.18. The Balaban J connectivity index is 1.66. The molecular formula is C23H23N3O3S. The van der Waals surface area contributed by atoms with E-state index in [0.29, 0.717) is 18.4 Å². The highest BCUT2D eigenvalue weighted by Crippen LogP contribution is 2.33. The van der Waals surface area contributed by atoms with Crippen molar-refractivity contribution in [1.82, 2.24) is 15.1 Å². The highest BCUT2D eigenvalue weighted by atomic mass is 32.1. The molecule has 154 valence electrons. The van der Waals surface area contributed by atoms with Crippen molar-refractivity contribution in [3.63, 3.8) is 0 Å². The predicted octanol–water partition coefficient (Wildman–Crippen LogP) is 4.20. The van der Waals surface area contributed by atoms with Crippen molar-refractivity contribution in [2.45, 2.75) is 32.9 Å². The summed E-state index contributed by atoms with van der Waals surface area (Å²) in [7, 11) is 1.61. The van der Waals surface area contributed by atoms with E-state index >= 15 is 0 Å². The number of aryl methyl sites for hydroxylation is 1. The molecule has 0 aliphatic carbocycles. The van der Waals surface area contributed by atoms with Gasteiger partial charge in [-0.25, -0.2) is 4.68 Å². The first-order valence-electron chi connectivity index (χ1n) is 9.84. The Morgan fingerprint density at radius 3 is 2.63 bits per heavy atom. The monoisotopic (exact) mass is 421 g/mol. The van der Waals surface area contributed by atoms with Crippen LogP contribution in [0.5, 0.6) is 5.75 Å². The van der Waals surface area contributed by atoms with Gasteiger partial charge >= 0.3 is 0 Å². The van der Waals surface area contributed by atoms with Crippen LogP contribution in [0.15, 0.2) is 53.3 Å². The first-order chi connectivity index (χ1) is 14.5. The van der Waals surface area contributed by atoms with Gasteiger partial charge in [0.15, 0.2) is 0 Å². The number of hydrogen-bond acceptors (Lipinski definition) is 5. The fourth-order valence-electron chi connectivity index (χ4n) is 3.61. The van der Waals surface area contributed by atoms with E-state index in [9.17, 15) is 9.59 Å². The van der Waals surface area contributed by atoms with Gasteiger partial charge in [-0.3, -0.25) is 9.59 Å². The van der Waals surface area contributed by atoms with Crippen LogP contribution in [0.2, 0.25) is 0 Å². The number of nitrogens with zero attached hydrogens (tertiary/aromatic N) is 2. The lowest BCUT2D eigenvalue weighted by molar-refractivity contribution is -0.125. The number of aromatic nitrogens is 2. The molecule has 7 heteroatoms. The van der Waals surface area contributed by atoms with E-state index in [0.717, 1.165) is 31.8 Å². The Hall–Kier alpha value is -3.19. The van der Waals surface area contributed by atoms with Crippen LogP contribution in [-0.2, 0) is 11.3 Å². The van der Waals surface area contributed by atoms with Crippen LogP contribution < -0.4 is 15.6 Å². The molecule has 0 bridgehead atoms. The zero-order valence-electron chi connectivity index (χ0n) is 17.1. The average Bonchev–Trinajstić information content (AvgIpc) is 3.17. The number of nitrogens with one attached hydrogen (secondary N) is 1. The van der Waals surface area contributed by atoms with Crippen LogP contribution >= 0.6 is 11.3 Å². The van der Waals surface area contributed by atoms with Crippen molar-refractivity contribution in [1.29, 1.82) is 0 Å². The van der Waals surface area contributed by atoms with Gasteiger partial charge in [0.25, 0.3) is 5.56 Å². The smallest absolute Gasteiger partial charge is 0.276 e. The molecule has 0 aliphatic heterocycles. The molecular weight excluding hydrogens is 398 g/mol. The van der Waals surface area contributed by atoms with Gasteiger partial charge in [-0.1, -0.05) is 37.3 Å². The molecule has 4 aromatic rings. The van der Waals surface area contributed by atoms with Crippen molar-refractivity contribution < 1.29 is 9.53 Å². The number of benzene rings is 2. The highest BCUT2D eigenvalue weighted by molar-refractivity contribution is 7.26. The van der Waals surface area contributed by atoms with E-state index in [1.54, 1.807) is 18.4 Å². The Labute approximate surface area is 178 Å². The number of amides is 1. The zero-order valence-corrected chi connectivity index (χ0v) is 18.0. The predicted molar refractivity (Wildman–Crippen MR) is 120 cm³/mol. The topological polar surface area (TPSA) is 73.2 Å². The Morgan fingerprint density at radius 1 is 1.20 bits per heavy atom. The summed E-state index contributed by atoms with van der Waals surface area (Å²) >= 11 is 1.56. The van der Waals surface area contributed by atoms with Crippen LogP contribution in [-0.4, -0.2) is 22.8 Å². The molecule has 6 nitrogen and oxygen atoms in total. The molecule has 30 heavy (non-hydrogen) atoms. The summed E-state index contributed by atoms with van der Waals surface area (Å²) in [5.41, 5.74) is 1.49. The maximum absolute atomic E-state index is 13.3. The first kappa shape index (κ1) is 20.1. The fourth-order valence-corrected chi connectivity index (χ4v) is 4.74. The lowest BCUT2D eigenvalue weighted by Gasteiger charge is -2.17. The van der Waals surface area contributed by atoms with Gasteiger partial charge < -0.3 is 10.1 Å². The molecule has 2 aromatic carbocycles. The first-order valence-corrected chi connectivity index (χ1v) is 10.7. The average molecular weight is 422 g/mol. The van der Waals surface area contributed by atoms with Gasteiger partial charge in [-0.15, -0.1) is 11.3 Å². The van der Waals surface area contributed by atoms with Gasteiger partial charge in [-0.2, -0.15) is 5.10 Å². The minimum absolute atomic E-state index is 0.221. The van der Waals surface area contributed by atoms with Gasteiger partial charge in [0.05, 0.1) is 22.9 Å². The second-order valence-electron chi connectivity index (χ2n) is 7.13. The maximum atomic E-state index is 13.3. The number of thiophene rings is 1. The summed E-state index contributed by atoms with van der Waals surface area (Å²) in [6.07, 6.45) is 0.467. The van der Waals surface area contributed by atoms with E-state index in [4.69, 9.17) is 4.74 Å². The number of methoxy groups -OCH3 is 1. The molecule has 4 rings (SSSR count). The maximum Gasteiger partial charge on any atom is 0.276 e. The minimum atomic E-state index is -0.669. The van der Waals surface area contributed by atoms with E-state index in [2.05, 4.69) is 10.4 Å². The SMILES string of the molecule is CC[C@H](C(=O)NCc1ccc(OC)cc1)n1nc(C)c2sc3ccccc3c2c1=O. The van der Waals surface area contributed by atoms with Gasteiger partial charge in [-0.05, 0) is 37.1 Å². The Bertz CT molecular complexity index is 1270. The molecule has 0 unspecified atom stereocenters. The molecule has 0 spiro atoms. The van der Waals surface area contributed by atoms with Crippen LogP contribution in [0.4, 0.5) is 0 Å². The third kappa shape index (κ3) is 3.57. The molecule has 1 N–H and O–H groups in total. The molecule has 0 saturated heterocycles. The molecule has 0 saturated carbocycles. The molecule has 1 amide bonds. The standard InChI is InChI=1S/C23H23N3O3S/c1-4-18(22(27)24-13-15-9-11-16(29-3)12-10-15)26-23(28)20-17-7-5-6-8-19(17)30-21(20)14(2)25-26/h5-12,18H,4,13H2,1-3H3,(H,24,27)/t18-/m1/s1. The summed E-state index contributed by atoms with van der Waals surface area (Å²) in [6.45, 7) is 4.14. The number of hydrogen-bond donors (Lipinski definition) is 1. The summed E-state index contributed by atoms with van der Waals surface area (Å²) in [4.78, 5) is 26.3. The van der Waals surface area contributed by atoms with Crippen LogP contribution in [0.25, 0.3) is 20.2 Å². The van der Waals surface area contributed by atoms with Gasteiger partial charge in [0, 0.05) is 16.6 Å². The minimum Gasteiger partial charge on any atom is -0.497 e. The van der Waals surface area contributed by atoms with Crippen molar-refractivity contribution in [3.8, 4) is 5.75 Å². The van der Waals surface area contributed by atoms with Crippen molar-refractivity contribution in [3.05, 3.63) is 70.1 Å². The van der Waals surface area contributed by atoms with Crippen molar-refractivity contribution >= 4 is 37.4 Å². The van der Waals surface area contributed by atoms with Crippen molar-refractivity contribution in [2.75, 3.05) is 7.11 Å². The van der Waals surface area contributed by atoms with Gasteiger partial charge in [0.1, 0.15) is 11.8 Å². The fraction of sp³-hybridized carbons (Fsp3) is 0.261. The molecule has 0 aliphatic rings. The zero-order chi connectivity index (χ0) is 21.3. The van der Waals surface area contributed by atoms with Crippen molar-refractivity contribution in [2.24, 2.45) is 0 Å². The molecule has 2 heterocycles. The lowest BCUT2D eigenvalue weighted by atomic mass is 10.1. The molecule has 2 aromatic heterocycles. The summed E-state index contributed by atoms with van der Waals surface area (Å²) in [5.74, 6) is 0.542. The second kappa shape index (κ2) is 8.28. The normalized spacial score (nSPS) is 12.2. The summed E-state index contributed by atoms with van der Waals surface area (Å²) < 4.78 is 8.43. The van der Waals surface area contributed by atoms with E-state index < -0.39 is 6.04 Å². The van der Waals surface area contributed by atoms with Crippen LogP contribution in [0.1, 0.15) is 30.6 Å². The number of fused-ring (bicyclic) bond motifs is 3. The quantitative estimate of drug-likeness (QED) is 0.507. The Kier molecular flexibility index (Phi) is 5.55. The number of ether oxygens (including phenoxy) is 1. The molecule has 1 atom stereocenters. The van der Waals surface area contributed by atoms with Gasteiger partial charge in [0.2, 0.25) is 5.91 Å². The van der Waals surface area contributed by atoms with E-state index in [-0.39, 0.29) is 11.5 Å². The van der Waals surface area contributed by atoms with E-state index in [1.165, 1.54) is 4.68 Å². The molecule has 0 radical (unpaired) electrons. The largest absolute Gasteiger partial charge is 0.497 e. The Morgan fingerprint density at radius 2 is 1.93 bits per heavy atom. The van der Waals surface area contributed by atoms with E-state index in [1.807, 2.05) is 62.4 Å². The molecule has 0 fully saturated rings. The number of rotatable bonds is 6. The van der Waals surface area contributed by atoms with Crippen LogP contribution in [0.3, 0.4) is 0 Å². The summed E-state index contributed by atoms with van der Waals surface area (Å²) in [6, 6.07) is 14.7.